The first-order valence-corrected chi connectivity index (χ1v) is 35.5. The lowest BCUT2D eigenvalue weighted by atomic mass is 9.67. The third-order valence-electron chi connectivity index (χ3n) is 20.7. The van der Waals surface area contributed by atoms with Crippen LogP contribution in [-0.2, 0) is 5.54 Å². The number of anilines is 6. The van der Waals surface area contributed by atoms with Crippen LogP contribution in [0.25, 0.3) is 61.4 Å². The van der Waals surface area contributed by atoms with Gasteiger partial charge >= 0.3 is 0 Å². The number of benzene rings is 13. The molecule has 0 saturated heterocycles. The Morgan fingerprint density at radius 1 is 0.306 bits per heavy atom. The second-order valence-electron chi connectivity index (χ2n) is 26.3. The molecule has 14 nitrogen and oxygen atoms in total. The van der Waals surface area contributed by atoms with E-state index in [0.29, 0.717) is 23.0 Å². The van der Waals surface area contributed by atoms with E-state index < -0.39 is 5.54 Å². The van der Waals surface area contributed by atoms with Crippen LogP contribution in [0.2, 0.25) is 0 Å². The van der Waals surface area contributed by atoms with Crippen molar-refractivity contribution in [1.29, 1.82) is 0 Å². The summed E-state index contributed by atoms with van der Waals surface area (Å²) in [4.78, 5) is 22.4. The number of methoxy groups -OCH3 is 8. The number of hydrogen-bond acceptors (Lipinski definition) is 13. The van der Waals surface area contributed by atoms with Crippen LogP contribution in [0.4, 0.5) is 34.1 Å². The summed E-state index contributed by atoms with van der Waals surface area (Å²) in [6.07, 6.45) is 2.36. The van der Waals surface area contributed by atoms with Gasteiger partial charge in [-0.25, -0.2) is 15.0 Å². The predicted octanol–water partition coefficient (Wildman–Crippen LogP) is 21.5. The minimum Gasteiger partial charge on any atom is -0.497 e. The van der Waals surface area contributed by atoms with Gasteiger partial charge in [-0.15, -0.1) is 0 Å². The monoisotopic (exact) mass is 1410 g/mol. The Hall–Kier alpha value is -13.9. The van der Waals surface area contributed by atoms with E-state index in [9.17, 15) is 0 Å². The molecule has 0 amide bonds. The van der Waals surface area contributed by atoms with Gasteiger partial charge in [0.25, 0.3) is 0 Å². The maximum absolute atomic E-state index is 6.07. The number of aromatic nitrogens is 2. The summed E-state index contributed by atoms with van der Waals surface area (Å²) in [5, 5.41) is 2.06. The minimum absolute atomic E-state index is 0.515. The summed E-state index contributed by atoms with van der Waals surface area (Å²) in [5.41, 5.74) is 19.7. The molecule has 14 aromatic rings. The van der Waals surface area contributed by atoms with Gasteiger partial charge in [0.15, 0.2) is 5.82 Å². The zero-order valence-corrected chi connectivity index (χ0v) is 60.8. The molecule has 0 N–H and O–H groups in total. The van der Waals surface area contributed by atoms with Crippen LogP contribution in [0.3, 0.4) is 0 Å². The highest BCUT2D eigenvalue weighted by atomic mass is 16.5. The SMILES string of the molecule is COc1ccc(C2=NC(=C3C=C(c4ccc(N(c5ccc(OC)cc5)c5ccc(OC)cc5)cc4)c4ccccc4C34c3c(cc(-c5ccc(N(c6ccc(OC)cc6)c6ccc(OC)cc6)cc5)c5ccccc35)-c3nc(-c5ccc(OC)cc5)c(-c5ccc(OC)cc5)n34)N=C2c2ccc(OC)cc2)cc1. The summed E-state index contributed by atoms with van der Waals surface area (Å²) in [5.74, 6) is 7.20. The Labute approximate surface area is 627 Å². The Balaban J connectivity index is 0.969. The molecule has 2 aliphatic heterocycles. The van der Waals surface area contributed by atoms with Crippen LogP contribution in [0.5, 0.6) is 46.0 Å². The normalized spacial score (nSPS) is 13.9. The molecule has 3 heterocycles. The first-order chi connectivity index (χ1) is 53.1. The molecule has 14 heteroatoms. The Kier molecular flexibility index (Phi) is 17.7. The molecule has 1 aromatic heterocycles. The van der Waals surface area contributed by atoms with E-state index >= 15 is 0 Å². The molecule has 1 spiro atoms. The van der Waals surface area contributed by atoms with Gasteiger partial charge in [0.1, 0.15) is 57.4 Å². The first kappa shape index (κ1) is 67.3. The number of ether oxygens (including phenoxy) is 8. The number of allylic oxidation sites excluding steroid dienone is 2. The van der Waals surface area contributed by atoms with Crippen LogP contribution in [0.15, 0.2) is 325 Å². The van der Waals surface area contributed by atoms with E-state index in [0.717, 1.165) is 175 Å². The van der Waals surface area contributed by atoms with E-state index in [4.69, 9.17) is 52.9 Å². The van der Waals surface area contributed by atoms with Crippen molar-refractivity contribution < 1.29 is 37.9 Å². The van der Waals surface area contributed by atoms with Gasteiger partial charge in [-0.3, -0.25) is 0 Å². The average Bonchev–Trinajstić information content (AvgIpc) is 1.48. The van der Waals surface area contributed by atoms with Crippen molar-refractivity contribution in [2.24, 2.45) is 9.98 Å². The van der Waals surface area contributed by atoms with Crippen LogP contribution < -0.4 is 47.7 Å². The quantitative estimate of drug-likeness (QED) is 0.0725. The molecule has 17 rings (SSSR count). The number of aliphatic imine (C=N–C) groups is 2. The lowest BCUT2D eigenvalue weighted by Gasteiger charge is -2.42. The minimum atomic E-state index is -1.31. The lowest BCUT2D eigenvalue weighted by molar-refractivity contribution is 0.414. The van der Waals surface area contributed by atoms with Crippen molar-refractivity contribution in [1.82, 2.24) is 9.55 Å². The van der Waals surface area contributed by atoms with Gasteiger partial charge in [-0.05, 0) is 275 Å². The topological polar surface area (TPSA) is 123 Å². The zero-order valence-electron chi connectivity index (χ0n) is 60.8. The molecule has 1 aliphatic carbocycles. The molecule has 3 aliphatic rings. The largest absolute Gasteiger partial charge is 0.497 e. The molecule has 13 aromatic carbocycles. The molecule has 1 atom stereocenters. The number of hydrogen-bond donors (Lipinski definition) is 0. The van der Waals surface area contributed by atoms with E-state index in [1.807, 2.05) is 97.1 Å². The zero-order chi connectivity index (χ0) is 73.6. The first-order valence-electron chi connectivity index (χ1n) is 35.5. The number of rotatable bonds is 20. The maximum atomic E-state index is 6.07. The molecule has 0 bridgehead atoms. The van der Waals surface area contributed by atoms with Gasteiger partial charge in [-0.2, -0.15) is 0 Å². The fraction of sp³-hybridized carbons (Fsp3) is 0.0957. The summed E-state index contributed by atoms with van der Waals surface area (Å²) < 4.78 is 48.4. The maximum Gasteiger partial charge on any atom is 0.159 e. The fourth-order valence-electron chi connectivity index (χ4n) is 15.4. The summed E-state index contributed by atoms with van der Waals surface area (Å²) in [7, 11) is 13.5. The smallest absolute Gasteiger partial charge is 0.159 e. The number of imidazole rings is 1. The van der Waals surface area contributed by atoms with E-state index in [1.54, 1.807) is 56.9 Å². The molecule has 108 heavy (non-hydrogen) atoms. The molecular weight excluding hydrogens is 1340 g/mol. The molecule has 0 radical (unpaired) electrons. The van der Waals surface area contributed by atoms with Gasteiger partial charge in [0.05, 0.1) is 79.7 Å². The predicted molar refractivity (Wildman–Crippen MR) is 432 cm³/mol. The summed E-state index contributed by atoms with van der Waals surface area (Å²) >= 11 is 0. The molecule has 528 valence electrons. The average molecular weight is 1420 g/mol. The lowest BCUT2D eigenvalue weighted by Crippen LogP contribution is -2.39. The third-order valence-corrected chi connectivity index (χ3v) is 20.7. The highest BCUT2D eigenvalue weighted by Gasteiger charge is 2.55. The Morgan fingerprint density at radius 3 is 1.05 bits per heavy atom. The molecule has 0 saturated carbocycles. The number of nitrogens with zero attached hydrogens (tertiary/aromatic N) is 6. The molecular formula is C94H74N6O8. The van der Waals surface area contributed by atoms with Crippen molar-refractivity contribution in [3.8, 4) is 91.0 Å². The Bertz CT molecular complexity index is 5680. The fourth-order valence-corrected chi connectivity index (χ4v) is 15.4. The van der Waals surface area contributed by atoms with E-state index in [1.165, 1.54) is 0 Å². The summed E-state index contributed by atoms with van der Waals surface area (Å²) in [6.45, 7) is 0. The van der Waals surface area contributed by atoms with Crippen LogP contribution in [-0.4, -0.2) is 77.9 Å². The van der Waals surface area contributed by atoms with Crippen molar-refractivity contribution >= 4 is 61.9 Å². The van der Waals surface area contributed by atoms with Crippen molar-refractivity contribution in [3.63, 3.8) is 0 Å². The highest BCUT2D eigenvalue weighted by Crippen LogP contribution is 2.63. The van der Waals surface area contributed by atoms with Crippen LogP contribution in [0, 0.1) is 0 Å². The summed E-state index contributed by atoms with van der Waals surface area (Å²) in [6, 6.07) is 103. The van der Waals surface area contributed by atoms with E-state index in [-0.39, 0.29) is 0 Å². The van der Waals surface area contributed by atoms with Gasteiger partial charge < -0.3 is 52.3 Å². The molecule has 1 unspecified atom stereocenters. The van der Waals surface area contributed by atoms with Gasteiger partial charge in [0.2, 0.25) is 0 Å². The second-order valence-corrected chi connectivity index (χ2v) is 26.3. The van der Waals surface area contributed by atoms with Gasteiger partial charge in [-0.1, -0.05) is 72.8 Å². The van der Waals surface area contributed by atoms with Crippen molar-refractivity contribution in [2.45, 2.75) is 5.54 Å². The second kappa shape index (κ2) is 28.3. The third kappa shape index (κ3) is 11.7. The van der Waals surface area contributed by atoms with Crippen LogP contribution >= 0.6 is 0 Å². The van der Waals surface area contributed by atoms with Gasteiger partial charge in [0, 0.05) is 73.1 Å². The number of fused-ring (bicyclic) bond motifs is 9. The van der Waals surface area contributed by atoms with Crippen molar-refractivity contribution in [3.05, 3.63) is 348 Å². The molecule has 0 fully saturated rings. The Morgan fingerprint density at radius 2 is 0.639 bits per heavy atom. The van der Waals surface area contributed by atoms with Crippen LogP contribution in [0.1, 0.15) is 33.4 Å². The van der Waals surface area contributed by atoms with E-state index in [2.05, 4.69) is 221 Å². The van der Waals surface area contributed by atoms with Crippen molar-refractivity contribution in [2.75, 3.05) is 66.7 Å². The standard InChI is InChI=1S/C94H74N6O8/c1-101-71-41-21-61(22-42-71)88-89(62-23-43-72(102-2)44-24-62)96-92(95-88)86-58-83(60-19-31-66(32-20-60)99(69-37-53-77(107-7)54-38-69)70-39-55-78(108-8)56-40-70)80-14-11-12-16-85(80)94(86)87-81-15-10-9-13-79(81)82(59-17-29-65(30-18-59)98(67-33-49-75(105-5)50-34-67)68-35-51-76(106-6)52-36-68)57-84(87)93-97-90(63-25-45-73(103-3)46-26-63)91(100(93)94)64-27-47-74(104-4)48-28-64/h9-58H,1-8H3. The highest BCUT2D eigenvalue weighted by molar-refractivity contribution is 6.55.